The van der Waals surface area contributed by atoms with Crippen molar-refractivity contribution in [2.24, 2.45) is 0 Å². The first kappa shape index (κ1) is 31.3. The number of rotatable bonds is 11. The molecule has 1 saturated carbocycles. The Labute approximate surface area is 245 Å². The summed E-state index contributed by atoms with van der Waals surface area (Å²) in [6, 6.07) is 8.68. The molecule has 12 heteroatoms. The van der Waals surface area contributed by atoms with E-state index in [1.807, 2.05) is 6.92 Å². The van der Waals surface area contributed by atoms with Crippen LogP contribution in [-0.2, 0) is 26.2 Å². The molecule has 214 valence electrons. The van der Waals surface area contributed by atoms with Crippen LogP contribution in [0, 0.1) is 0 Å². The number of benzene rings is 2. The maximum absolute atomic E-state index is 13.9. The van der Waals surface area contributed by atoms with Gasteiger partial charge in [-0.3, -0.25) is 13.9 Å². The summed E-state index contributed by atoms with van der Waals surface area (Å²) in [7, 11) is -2.55. The van der Waals surface area contributed by atoms with Gasteiger partial charge in [-0.1, -0.05) is 67.1 Å². The van der Waals surface area contributed by atoms with E-state index >= 15 is 0 Å². The van der Waals surface area contributed by atoms with Gasteiger partial charge in [0, 0.05) is 17.6 Å². The fourth-order valence-electron chi connectivity index (χ4n) is 4.75. The summed E-state index contributed by atoms with van der Waals surface area (Å²) in [6.07, 6.45) is 6.32. The fourth-order valence-corrected chi connectivity index (χ4v) is 6.08. The highest BCUT2D eigenvalue weighted by molar-refractivity contribution is 7.92. The van der Waals surface area contributed by atoms with E-state index in [9.17, 15) is 18.0 Å². The Morgan fingerprint density at radius 3 is 2.33 bits per heavy atom. The smallest absolute Gasteiger partial charge is 0.244 e. The van der Waals surface area contributed by atoms with Gasteiger partial charge in [-0.25, -0.2) is 8.42 Å². The molecule has 2 aromatic rings. The standard InChI is InChI=1S/C27H34Cl3N3O5S/c1-4-23(27(35)31-20-8-6-5-7-9-20)32(16-18-10-12-21(29)22(30)14-18)26(34)17-33(39(3,36)37)24-15-19(28)11-13-25(24)38-2/h10-15,20,23H,4-9,16-17H2,1-3H3,(H,31,35). The molecule has 1 atom stereocenters. The molecule has 0 saturated heterocycles. The summed E-state index contributed by atoms with van der Waals surface area (Å²) in [6.45, 7) is 1.27. The van der Waals surface area contributed by atoms with E-state index in [2.05, 4.69) is 5.32 Å². The van der Waals surface area contributed by atoms with Crippen LogP contribution in [0.5, 0.6) is 5.75 Å². The Morgan fingerprint density at radius 1 is 1.05 bits per heavy atom. The SMILES string of the molecule is CCC(C(=O)NC1CCCCC1)N(Cc1ccc(Cl)c(Cl)c1)C(=O)CN(c1cc(Cl)ccc1OC)S(C)(=O)=O. The molecular formula is C27H34Cl3N3O5S. The van der Waals surface area contributed by atoms with Crippen LogP contribution in [0.3, 0.4) is 0 Å². The van der Waals surface area contributed by atoms with Gasteiger partial charge in [0.2, 0.25) is 21.8 Å². The summed E-state index contributed by atoms with van der Waals surface area (Å²) in [5.41, 5.74) is 0.767. The molecule has 2 aromatic carbocycles. The quantitative estimate of drug-likeness (QED) is 0.350. The second kappa shape index (κ2) is 13.9. The lowest BCUT2D eigenvalue weighted by Gasteiger charge is -2.34. The van der Waals surface area contributed by atoms with Gasteiger partial charge in [-0.05, 0) is 55.2 Å². The molecule has 0 aromatic heterocycles. The normalized spacial score (nSPS) is 14.9. The number of anilines is 1. The lowest BCUT2D eigenvalue weighted by Crippen LogP contribution is -2.54. The Balaban J connectivity index is 1.98. The first-order valence-corrected chi connectivity index (χ1v) is 15.8. The number of hydrogen-bond acceptors (Lipinski definition) is 5. The third-order valence-electron chi connectivity index (χ3n) is 6.76. The van der Waals surface area contributed by atoms with Crippen molar-refractivity contribution in [3.05, 3.63) is 57.0 Å². The van der Waals surface area contributed by atoms with Crippen LogP contribution in [0.15, 0.2) is 36.4 Å². The van der Waals surface area contributed by atoms with Crippen molar-refractivity contribution in [1.82, 2.24) is 10.2 Å². The average molecular weight is 619 g/mol. The van der Waals surface area contributed by atoms with Gasteiger partial charge in [0.05, 0.1) is 29.1 Å². The van der Waals surface area contributed by atoms with Gasteiger partial charge in [-0.2, -0.15) is 0 Å². The van der Waals surface area contributed by atoms with Crippen molar-refractivity contribution in [1.29, 1.82) is 0 Å². The van der Waals surface area contributed by atoms with Gasteiger partial charge >= 0.3 is 0 Å². The van der Waals surface area contributed by atoms with Crippen LogP contribution in [-0.4, -0.2) is 57.1 Å². The zero-order chi connectivity index (χ0) is 28.7. The molecule has 0 bridgehead atoms. The third kappa shape index (κ3) is 8.39. The molecule has 0 spiro atoms. The number of sulfonamides is 1. The third-order valence-corrected chi connectivity index (χ3v) is 8.86. The minimum atomic E-state index is -3.95. The van der Waals surface area contributed by atoms with Crippen LogP contribution in [0.4, 0.5) is 5.69 Å². The molecule has 39 heavy (non-hydrogen) atoms. The molecule has 1 N–H and O–H groups in total. The number of nitrogens with one attached hydrogen (secondary N) is 1. The van der Waals surface area contributed by atoms with Crippen molar-refractivity contribution in [3.63, 3.8) is 0 Å². The second-order valence-electron chi connectivity index (χ2n) is 9.62. The molecule has 0 heterocycles. The van der Waals surface area contributed by atoms with Crippen LogP contribution in [0.2, 0.25) is 15.1 Å². The van der Waals surface area contributed by atoms with Crippen molar-refractivity contribution < 1.29 is 22.7 Å². The van der Waals surface area contributed by atoms with Crippen LogP contribution in [0.1, 0.15) is 51.0 Å². The maximum atomic E-state index is 13.9. The molecule has 1 aliphatic carbocycles. The summed E-state index contributed by atoms with van der Waals surface area (Å²) in [4.78, 5) is 28.8. The van der Waals surface area contributed by atoms with E-state index in [-0.39, 0.29) is 35.0 Å². The van der Waals surface area contributed by atoms with E-state index in [0.717, 1.165) is 42.7 Å². The first-order chi connectivity index (χ1) is 18.4. The van der Waals surface area contributed by atoms with Crippen molar-refractivity contribution in [2.45, 2.75) is 64.1 Å². The van der Waals surface area contributed by atoms with Gasteiger partial charge in [0.1, 0.15) is 18.3 Å². The number of halogens is 3. The molecular weight excluding hydrogens is 585 g/mol. The Bertz CT molecular complexity index is 1290. The summed E-state index contributed by atoms with van der Waals surface area (Å²) in [5, 5.41) is 4.05. The largest absolute Gasteiger partial charge is 0.495 e. The lowest BCUT2D eigenvalue weighted by atomic mass is 9.95. The van der Waals surface area contributed by atoms with Crippen molar-refractivity contribution in [2.75, 3.05) is 24.2 Å². The highest BCUT2D eigenvalue weighted by Crippen LogP contribution is 2.33. The average Bonchev–Trinajstić information content (AvgIpc) is 2.89. The fraction of sp³-hybridized carbons (Fsp3) is 0.481. The highest BCUT2D eigenvalue weighted by atomic mass is 35.5. The predicted molar refractivity (Wildman–Crippen MR) is 156 cm³/mol. The van der Waals surface area contributed by atoms with Crippen LogP contribution in [0.25, 0.3) is 0 Å². The molecule has 1 unspecified atom stereocenters. The van der Waals surface area contributed by atoms with E-state index in [1.165, 1.54) is 24.1 Å². The Kier molecular flexibility index (Phi) is 11.2. The molecule has 1 fully saturated rings. The van der Waals surface area contributed by atoms with Gasteiger partial charge in [0.15, 0.2) is 0 Å². The van der Waals surface area contributed by atoms with Gasteiger partial charge in [-0.15, -0.1) is 0 Å². The number of carbonyl (C=O) groups is 2. The number of methoxy groups -OCH3 is 1. The van der Waals surface area contributed by atoms with E-state index in [1.54, 1.807) is 24.3 Å². The van der Waals surface area contributed by atoms with Crippen LogP contribution >= 0.6 is 34.8 Å². The Morgan fingerprint density at radius 2 is 1.74 bits per heavy atom. The number of amides is 2. The highest BCUT2D eigenvalue weighted by Gasteiger charge is 2.33. The monoisotopic (exact) mass is 617 g/mol. The van der Waals surface area contributed by atoms with Crippen molar-refractivity contribution in [3.8, 4) is 5.75 Å². The number of carbonyl (C=O) groups excluding carboxylic acids is 2. The predicted octanol–water partition coefficient (Wildman–Crippen LogP) is 5.68. The summed E-state index contributed by atoms with van der Waals surface area (Å²) >= 11 is 18.5. The lowest BCUT2D eigenvalue weighted by molar-refractivity contribution is -0.140. The maximum Gasteiger partial charge on any atom is 0.244 e. The topological polar surface area (TPSA) is 96.0 Å². The Hall–Kier alpha value is -2.20. The van der Waals surface area contributed by atoms with E-state index in [0.29, 0.717) is 22.0 Å². The molecule has 1 aliphatic rings. The summed E-state index contributed by atoms with van der Waals surface area (Å²) < 4.78 is 32.1. The molecule has 2 amide bonds. The zero-order valence-electron chi connectivity index (χ0n) is 22.3. The second-order valence-corrected chi connectivity index (χ2v) is 12.8. The van der Waals surface area contributed by atoms with E-state index < -0.39 is 28.5 Å². The van der Waals surface area contributed by atoms with Crippen LogP contribution < -0.4 is 14.4 Å². The van der Waals surface area contributed by atoms with Gasteiger partial charge < -0.3 is 15.0 Å². The minimum Gasteiger partial charge on any atom is -0.495 e. The van der Waals surface area contributed by atoms with Gasteiger partial charge in [0.25, 0.3) is 0 Å². The summed E-state index contributed by atoms with van der Waals surface area (Å²) in [5.74, 6) is -0.612. The number of nitrogens with zero attached hydrogens (tertiary/aromatic N) is 2. The molecule has 0 aliphatic heterocycles. The molecule has 8 nitrogen and oxygen atoms in total. The number of ether oxygens (including phenoxy) is 1. The van der Waals surface area contributed by atoms with E-state index in [4.69, 9.17) is 39.5 Å². The molecule has 3 rings (SSSR count). The zero-order valence-corrected chi connectivity index (χ0v) is 25.3. The first-order valence-electron chi connectivity index (χ1n) is 12.8. The molecule has 0 radical (unpaired) electrons. The van der Waals surface area contributed by atoms with Crippen molar-refractivity contribution >= 4 is 62.3 Å². The minimum absolute atomic E-state index is 0.0244. The number of hydrogen-bond donors (Lipinski definition) is 1.